The highest BCUT2D eigenvalue weighted by molar-refractivity contribution is 6.30. The summed E-state index contributed by atoms with van der Waals surface area (Å²) in [6.07, 6.45) is 2.34. The number of hydrogen-bond acceptors (Lipinski definition) is 3. The van der Waals surface area contributed by atoms with Crippen molar-refractivity contribution in [1.29, 1.82) is 0 Å². The van der Waals surface area contributed by atoms with Crippen molar-refractivity contribution < 1.29 is 14.3 Å². The Balaban J connectivity index is 1.34. The molecule has 2 aromatic rings. The molecule has 6 heteroatoms. The average molecular weight is 443 g/mol. The third-order valence-corrected chi connectivity index (χ3v) is 5.97. The van der Waals surface area contributed by atoms with Crippen LogP contribution in [0.1, 0.15) is 36.0 Å². The van der Waals surface area contributed by atoms with Gasteiger partial charge in [-0.25, -0.2) is 0 Å². The number of rotatable bonds is 8. The molecule has 0 saturated carbocycles. The lowest BCUT2D eigenvalue weighted by atomic mass is 10.1. The van der Waals surface area contributed by atoms with Crippen molar-refractivity contribution in [2.24, 2.45) is 0 Å². The number of hydrogen-bond donors (Lipinski definition) is 0. The number of benzene rings is 2. The standard InChI is InChI=1S/C25H31ClN2O3/c1-19-5-3-6-20(2)25(19)31-18-4-7-23(29)27-14-16-28(17-15-27)24(30)13-10-21-8-11-22(26)12-9-21/h3,5-6,8-9,11-12H,4,7,10,13-18H2,1-2H3. The lowest BCUT2D eigenvalue weighted by Crippen LogP contribution is -2.50. The molecule has 0 N–H and O–H groups in total. The maximum atomic E-state index is 12.5. The zero-order valence-electron chi connectivity index (χ0n) is 18.4. The van der Waals surface area contributed by atoms with Crippen LogP contribution in [0.4, 0.5) is 0 Å². The first-order valence-corrected chi connectivity index (χ1v) is 11.3. The van der Waals surface area contributed by atoms with Crippen molar-refractivity contribution in [3.05, 3.63) is 64.2 Å². The molecule has 0 aliphatic carbocycles. The first-order chi connectivity index (χ1) is 14.9. The van der Waals surface area contributed by atoms with E-state index >= 15 is 0 Å². The van der Waals surface area contributed by atoms with Gasteiger partial charge in [-0.3, -0.25) is 9.59 Å². The van der Waals surface area contributed by atoms with Crippen LogP contribution >= 0.6 is 11.6 Å². The second-order valence-corrected chi connectivity index (χ2v) is 8.50. The third kappa shape index (κ3) is 6.73. The zero-order chi connectivity index (χ0) is 22.2. The Morgan fingerprint density at radius 3 is 2.00 bits per heavy atom. The zero-order valence-corrected chi connectivity index (χ0v) is 19.2. The van der Waals surface area contributed by atoms with E-state index in [1.165, 1.54) is 0 Å². The van der Waals surface area contributed by atoms with Gasteiger partial charge in [-0.15, -0.1) is 0 Å². The number of halogens is 1. The number of amides is 2. The summed E-state index contributed by atoms with van der Waals surface area (Å²) < 4.78 is 5.89. The summed E-state index contributed by atoms with van der Waals surface area (Å²) in [5.74, 6) is 1.20. The van der Waals surface area contributed by atoms with Crippen molar-refractivity contribution >= 4 is 23.4 Å². The topological polar surface area (TPSA) is 49.9 Å². The fourth-order valence-corrected chi connectivity index (χ4v) is 3.97. The molecule has 0 atom stereocenters. The molecule has 1 saturated heterocycles. The molecule has 1 aliphatic heterocycles. The molecule has 0 aromatic heterocycles. The third-order valence-electron chi connectivity index (χ3n) is 5.72. The fraction of sp³-hybridized carbons (Fsp3) is 0.440. The summed E-state index contributed by atoms with van der Waals surface area (Å²) in [5, 5.41) is 0.702. The van der Waals surface area contributed by atoms with Crippen molar-refractivity contribution in [1.82, 2.24) is 9.80 Å². The number of para-hydroxylation sites is 1. The minimum absolute atomic E-state index is 0.137. The van der Waals surface area contributed by atoms with Gasteiger partial charge in [0, 0.05) is 44.0 Å². The Labute approximate surface area is 189 Å². The molecule has 1 fully saturated rings. The molecule has 1 heterocycles. The Morgan fingerprint density at radius 2 is 1.42 bits per heavy atom. The molecule has 3 rings (SSSR count). The summed E-state index contributed by atoms with van der Waals surface area (Å²) in [6.45, 7) is 6.99. The summed E-state index contributed by atoms with van der Waals surface area (Å²) in [6, 6.07) is 13.7. The van der Waals surface area contributed by atoms with Crippen LogP contribution in [0.2, 0.25) is 5.02 Å². The summed E-state index contributed by atoms with van der Waals surface area (Å²) in [7, 11) is 0. The van der Waals surface area contributed by atoms with Gasteiger partial charge in [-0.05, 0) is 55.5 Å². The summed E-state index contributed by atoms with van der Waals surface area (Å²) in [4.78, 5) is 28.7. The number of nitrogens with zero attached hydrogens (tertiary/aromatic N) is 2. The van der Waals surface area contributed by atoms with Gasteiger partial charge in [0.1, 0.15) is 5.75 Å². The van der Waals surface area contributed by atoms with Crippen LogP contribution in [0.25, 0.3) is 0 Å². The Morgan fingerprint density at radius 1 is 0.871 bits per heavy atom. The molecule has 5 nitrogen and oxygen atoms in total. The van der Waals surface area contributed by atoms with E-state index in [9.17, 15) is 9.59 Å². The Bertz CT molecular complexity index is 870. The number of ether oxygens (including phenoxy) is 1. The minimum atomic E-state index is 0.137. The summed E-state index contributed by atoms with van der Waals surface area (Å²) >= 11 is 5.90. The highest BCUT2D eigenvalue weighted by Gasteiger charge is 2.23. The van der Waals surface area contributed by atoms with Crippen LogP contribution in [0.3, 0.4) is 0 Å². The average Bonchev–Trinajstić information content (AvgIpc) is 2.77. The smallest absolute Gasteiger partial charge is 0.223 e. The molecule has 0 unspecified atom stereocenters. The number of carbonyl (C=O) groups excluding carboxylic acids is 2. The molecule has 0 spiro atoms. The second kappa shape index (κ2) is 11.2. The predicted molar refractivity (Wildman–Crippen MR) is 124 cm³/mol. The summed E-state index contributed by atoms with van der Waals surface area (Å²) in [5.41, 5.74) is 3.33. The van der Waals surface area contributed by atoms with Crippen LogP contribution in [0.15, 0.2) is 42.5 Å². The van der Waals surface area contributed by atoms with Gasteiger partial charge in [0.05, 0.1) is 6.61 Å². The molecule has 2 aromatic carbocycles. The van der Waals surface area contributed by atoms with E-state index in [1.54, 1.807) is 0 Å². The molecule has 31 heavy (non-hydrogen) atoms. The van der Waals surface area contributed by atoms with Crippen molar-refractivity contribution in [2.45, 2.75) is 39.5 Å². The first kappa shape index (κ1) is 23.1. The largest absolute Gasteiger partial charge is 0.493 e. The van der Waals surface area contributed by atoms with E-state index in [4.69, 9.17) is 16.3 Å². The Hall–Kier alpha value is -2.53. The monoisotopic (exact) mass is 442 g/mol. The van der Waals surface area contributed by atoms with E-state index in [-0.39, 0.29) is 11.8 Å². The molecule has 166 valence electrons. The molecular weight excluding hydrogens is 412 g/mol. The van der Waals surface area contributed by atoms with Crippen LogP contribution in [-0.4, -0.2) is 54.4 Å². The highest BCUT2D eigenvalue weighted by Crippen LogP contribution is 2.22. The van der Waals surface area contributed by atoms with E-state index in [2.05, 4.69) is 0 Å². The van der Waals surface area contributed by atoms with Gasteiger partial charge in [-0.2, -0.15) is 0 Å². The predicted octanol–water partition coefficient (Wildman–Crippen LogP) is 4.42. The van der Waals surface area contributed by atoms with Crippen LogP contribution < -0.4 is 4.74 Å². The number of carbonyl (C=O) groups is 2. The van der Waals surface area contributed by atoms with E-state index < -0.39 is 0 Å². The van der Waals surface area contributed by atoms with Gasteiger partial charge >= 0.3 is 0 Å². The quantitative estimate of drug-likeness (QED) is 0.568. The maximum absolute atomic E-state index is 12.5. The van der Waals surface area contributed by atoms with Crippen molar-refractivity contribution in [3.8, 4) is 5.75 Å². The van der Waals surface area contributed by atoms with Gasteiger partial charge in [0.15, 0.2) is 0 Å². The lowest BCUT2D eigenvalue weighted by Gasteiger charge is -2.35. The van der Waals surface area contributed by atoms with Crippen molar-refractivity contribution in [3.63, 3.8) is 0 Å². The SMILES string of the molecule is Cc1cccc(C)c1OCCCC(=O)N1CCN(C(=O)CCc2ccc(Cl)cc2)CC1. The molecule has 0 bridgehead atoms. The minimum Gasteiger partial charge on any atom is -0.493 e. The number of piperazine rings is 1. The van der Waals surface area contributed by atoms with E-state index in [1.807, 2.05) is 66.1 Å². The van der Waals surface area contributed by atoms with Gasteiger partial charge in [-0.1, -0.05) is 41.9 Å². The van der Waals surface area contributed by atoms with Crippen LogP contribution in [0.5, 0.6) is 5.75 Å². The van der Waals surface area contributed by atoms with E-state index in [0.717, 1.165) is 22.4 Å². The van der Waals surface area contributed by atoms with Crippen LogP contribution in [0, 0.1) is 13.8 Å². The lowest BCUT2D eigenvalue weighted by molar-refractivity contribution is -0.139. The Kier molecular flexibility index (Phi) is 8.35. The van der Waals surface area contributed by atoms with Gasteiger partial charge < -0.3 is 14.5 Å². The van der Waals surface area contributed by atoms with Gasteiger partial charge in [0.2, 0.25) is 11.8 Å². The normalized spacial score (nSPS) is 13.9. The molecule has 0 radical (unpaired) electrons. The second-order valence-electron chi connectivity index (χ2n) is 8.06. The van der Waals surface area contributed by atoms with Crippen LogP contribution in [-0.2, 0) is 16.0 Å². The highest BCUT2D eigenvalue weighted by atomic mass is 35.5. The van der Waals surface area contributed by atoms with Gasteiger partial charge in [0.25, 0.3) is 0 Å². The maximum Gasteiger partial charge on any atom is 0.223 e. The molecule has 2 amide bonds. The first-order valence-electron chi connectivity index (χ1n) is 10.9. The van der Waals surface area contributed by atoms with E-state index in [0.29, 0.717) is 63.5 Å². The molecular formula is C25H31ClN2O3. The van der Waals surface area contributed by atoms with Crippen molar-refractivity contribution in [2.75, 3.05) is 32.8 Å². The molecule has 1 aliphatic rings. The number of aryl methyl sites for hydroxylation is 3. The fourth-order valence-electron chi connectivity index (χ4n) is 3.85.